The number of hydrogen-bond donors (Lipinski definition) is 4. The van der Waals surface area contributed by atoms with Crippen molar-refractivity contribution in [2.24, 2.45) is 0 Å². The lowest BCUT2D eigenvalue weighted by Gasteiger charge is -2.31. The third-order valence-electron chi connectivity index (χ3n) is 6.17. The summed E-state index contributed by atoms with van der Waals surface area (Å²) in [4.78, 5) is 23.8. The number of carboxylic acids is 1. The maximum atomic E-state index is 13.2. The smallest absolute Gasteiger partial charge is 0.475 e. The molecule has 220 valence electrons. The predicted molar refractivity (Wildman–Crippen MR) is 144 cm³/mol. The van der Waals surface area contributed by atoms with E-state index in [2.05, 4.69) is 20.3 Å². The number of carbonyl (C=O) groups excluding carboxylic acids is 1. The van der Waals surface area contributed by atoms with Crippen LogP contribution in [0, 0.1) is 6.92 Å². The Bertz CT molecular complexity index is 1310. The van der Waals surface area contributed by atoms with Gasteiger partial charge in [0.1, 0.15) is 0 Å². The number of halogens is 4. The Morgan fingerprint density at radius 3 is 2.42 bits per heavy atom. The maximum absolute atomic E-state index is 13.2. The van der Waals surface area contributed by atoms with Crippen LogP contribution in [-0.2, 0) is 19.6 Å². The second-order valence-electron chi connectivity index (χ2n) is 9.13. The number of carboxylic acid groups (broad SMARTS) is 1. The van der Waals surface area contributed by atoms with E-state index in [-0.39, 0.29) is 16.9 Å². The zero-order chi connectivity index (χ0) is 29.5. The molecular weight excluding hydrogens is 577 g/mol. The minimum Gasteiger partial charge on any atom is -0.475 e. The Hall–Kier alpha value is -3.07. The summed E-state index contributed by atoms with van der Waals surface area (Å²) in [6.45, 7) is 6.02. The lowest BCUT2D eigenvalue weighted by Crippen LogP contribution is -2.43. The highest BCUT2D eigenvalue weighted by Gasteiger charge is 2.38. The Labute approximate surface area is 234 Å². The topological polar surface area (TPSA) is 137 Å². The number of carbonyl (C=O) groups is 2. The number of sulfonamides is 1. The molecule has 2 saturated heterocycles. The zero-order valence-electron chi connectivity index (χ0n) is 21.6. The first-order valence-corrected chi connectivity index (χ1v) is 14.2. The summed E-state index contributed by atoms with van der Waals surface area (Å²) in [6.07, 6.45) is -3.14. The summed E-state index contributed by atoms with van der Waals surface area (Å²) in [5.74, 6) is -3.02. The molecule has 0 radical (unpaired) electrons. The van der Waals surface area contributed by atoms with Gasteiger partial charge in [-0.2, -0.15) is 13.2 Å². The summed E-state index contributed by atoms with van der Waals surface area (Å²) >= 11 is 6.16. The van der Waals surface area contributed by atoms with Gasteiger partial charge in [0.2, 0.25) is 0 Å². The van der Waals surface area contributed by atoms with Crippen LogP contribution in [-0.4, -0.2) is 77.0 Å². The molecule has 15 heteroatoms. The van der Waals surface area contributed by atoms with Gasteiger partial charge in [0.25, 0.3) is 15.9 Å². The number of rotatable bonds is 7. The summed E-state index contributed by atoms with van der Waals surface area (Å²) in [6, 6.07) is 9.74. The third-order valence-corrected chi connectivity index (χ3v) is 7.94. The molecule has 4 N–H and O–H groups in total. The van der Waals surface area contributed by atoms with Gasteiger partial charge in [-0.3, -0.25) is 9.52 Å². The van der Waals surface area contributed by atoms with Gasteiger partial charge < -0.3 is 25.4 Å². The number of benzene rings is 2. The molecule has 1 amide bonds. The zero-order valence-corrected chi connectivity index (χ0v) is 23.1. The highest BCUT2D eigenvalue weighted by atomic mass is 35.5. The van der Waals surface area contributed by atoms with Crippen LogP contribution in [0.15, 0.2) is 41.3 Å². The van der Waals surface area contributed by atoms with Crippen LogP contribution in [0.2, 0.25) is 5.02 Å². The fourth-order valence-electron chi connectivity index (χ4n) is 4.00. The van der Waals surface area contributed by atoms with Crippen LogP contribution in [0.3, 0.4) is 0 Å². The standard InChI is InChI=1S/C23H29ClN4O4S.C2HF3O2/c1-16-4-6-19(14-20(16)24)33(30,31)27-21-13-17(23(29)26-15-18-3-2-12-32-18)5-7-22(21)28-10-8-25-9-11-28;3-2(4,5)1(6)7/h4-7,13-14,18,25,27H,2-3,8-12,15H2,1H3,(H,26,29);(H,6,7). The molecule has 0 saturated carbocycles. The summed E-state index contributed by atoms with van der Waals surface area (Å²) in [5.41, 5.74) is 2.26. The Kier molecular flexibility index (Phi) is 10.6. The highest BCUT2D eigenvalue weighted by Crippen LogP contribution is 2.31. The number of hydrogen-bond acceptors (Lipinski definition) is 7. The molecule has 2 aromatic carbocycles. The molecule has 0 aromatic heterocycles. The van der Waals surface area contributed by atoms with Gasteiger partial charge in [-0.15, -0.1) is 0 Å². The van der Waals surface area contributed by atoms with Gasteiger partial charge in [-0.25, -0.2) is 13.2 Å². The average molecular weight is 607 g/mol. The van der Waals surface area contributed by atoms with Crippen molar-refractivity contribution in [1.29, 1.82) is 0 Å². The second-order valence-corrected chi connectivity index (χ2v) is 11.2. The molecule has 2 aromatic rings. The van der Waals surface area contributed by atoms with Crippen molar-refractivity contribution in [3.8, 4) is 0 Å². The first kappa shape index (κ1) is 31.5. The lowest BCUT2D eigenvalue weighted by atomic mass is 10.1. The molecule has 0 aliphatic carbocycles. The van der Waals surface area contributed by atoms with Gasteiger partial charge in [0.15, 0.2) is 0 Å². The molecule has 40 heavy (non-hydrogen) atoms. The van der Waals surface area contributed by atoms with Gasteiger partial charge in [-0.1, -0.05) is 17.7 Å². The molecule has 0 bridgehead atoms. The fourth-order valence-corrected chi connectivity index (χ4v) is 5.34. The average Bonchev–Trinajstić information content (AvgIpc) is 3.42. The first-order valence-electron chi connectivity index (χ1n) is 12.4. The number of alkyl halides is 3. The van der Waals surface area contributed by atoms with E-state index in [4.69, 9.17) is 26.2 Å². The number of nitrogens with one attached hydrogen (secondary N) is 3. The Morgan fingerprint density at radius 1 is 1.18 bits per heavy atom. The van der Waals surface area contributed by atoms with Gasteiger partial charge >= 0.3 is 12.1 Å². The first-order chi connectivity index (χ1) is 18.8. The number of ether oxygens (including phenoxy) is 1. The normalized spacial score (nSPS) is 17.5. The second kappa shape index (κ2) is 13.5. The minimum atomic E-state index is -5.08. The van der Waals surface area contributed by atoms with Gasteiger partial charge in [-0.05, 0) is 55.7 Å². The van der Waals surface area contributed by atoms with Crippen molar-refractivity contribution < 1.29 is 41.0 Å². The molecule has 1 atom stereocenters. The molecule has 4 rings (SSSR count). The largest absolute Gasteiger partial charge is 0.490 e. The van der Waals surface area contributed by atoms with Crippen molar-refractivity contribution in [2.75, 3.05) is 49.0 Å². The van der Waals surface area contributed by atoms with Gasteiger partial charge in [0.05, 0.1) is 22.4 Å². The predicted octanol–water partition coefficient (Wildman–Crippen LogP) is 3.40. The third kappa shape index (κ3) is 8.71. The van der Waals surface area contributed by atoms with Gasteiger partial charge in [0, 0.05) is 49.9 Å². The highest BCUT2D eigenvalue weighted by molar-refractivity contribution is 7.92. The van der Waals surface area contributed by atoms with E-state index in [1.165, 1.54) is 12.1 Å². The number of anilines is 2. The molecule has 2 heterocycles. The quantitative estimate of drug-likeness (QED) is 0.376. The van der Waals surface area contributed by atoms with Crippen LogP contribution >= 0.6 is 11.6 Å². The van der Waals surface area contributed by atoms with E-state index in [9.17, 15) is 26.4 Å². The number of amides is 1. The van der Waals surface area contributed by atoms with Crippen LogP contribution in [0.5, 0.6) is 0 Å². The molecule has 2 aliphatic rings. The number of nitrogens with zero attached hydrogens (tertiary/aromatic N) is 1. The Balaban J connectivity index is 0.000000559. The van der Waals surface area contributed by atoms with E-state index in [0.717, 1.165) is 56.9 Å². The van der Waals surface area contributed by atoms with E-state index in [1.54, 1.807) is 24.3 Å². The van der Waals surface area contributed by atoms with Crippen LogP contribution in [0.4, 0.5) is 24.5 Å². The molecule has 10 nitrogen and oxygen atoms in total. The number of aryl methyl sites for hydroxylation is 1. The van der Waals surface area contributed by atoms with E-state index in [1.807, 2.05) is 6.92 Å². The summed E-state index contributed by atoms with van der Waals surface area (Å²) in [7, 11) is -3.91. The van der Waals surface area contributed by atoms with Crippen LogP contribution in [0.1, 0.15) is 28.8 Å². The SMILES string of the molecule is Cc1ccc(S(=O)(=O)Nc2cc(C(=O)NCC3CCCO3)ccc2N2CCNCC2)cc1Cl.O=C(O)C(F)(F)F. The molecule has 2 fully saturated rings. The van der Waals surface area contributed by atoms with Crippen LogP contribution in [0.25, 0.3) is 0 Å². The number of piperazine rings is 1. The molecule has 2 aliphatic heterocycles. The van der Waals surface area contributed by atoms with Crippen molar-refractivity contribution in [2.45, 2.75) is 36.9 Å². The van der Waals surface area contributed by atoms with E-state index in [0.29, 0.717) is 22.8 Å². The van der Waals surface area contributed by atoms with Crippen LogP contribution < -0.4 is 20.3 Å². The monoisotopic (exact) mass is 606 g/mol. The minimum absolute atomic E-state index is 0.0262. The van der Waals surface area contributed by atoms with E-state index >= 15 is 0 Å². The Morgan fingerprint density at radius 2 is 1.85 bits per heavy atom. The fraction of sp³-hybridized carbons (Fsp3) is 0.440. The van der Waals surface area contributed by atoms with E-state index < -0.39 is 22.2 Å². The lowest BCUT2D eigenvalue weighted by molar-refractivity contribution is -0.192. The van der Waals surface area contributed by atoms with Crippen molar-refractivity contribution in [1.82, 2.24) is 10.6 Å². The summed E-state index contributed by atoms with van der Waals surface area (Å²) in [5, 5.41) is 13.7. The van der Waals surface area contributed by atoms with Crippen molar-refractivity contribution in [3.05, 3.63) is 52.5 Å². The van der Waals surface area contributed by atoms with Crippen molar-refractivity contribution in [3.63, 3.8) is 0 Å². The van der Waals surface area contributed by atoms with Crippen molar-refractivity contribution >= 4 is 44.9 Å². The maximum Gasteiger partial charge on any atom is 0.490 e. The number of aliphatic carboxylic acids is 1. The molecule has 1 unspecified atom stereocenters. The molecule has 0 spiro atoms. The molecular formula is C25H30ClF3N4O6S. The summed E-state index contributed by atoms with van der Waals surface area (Å²) < 4.78 is 66.3.